The molecule has 1 atom stereocenters. The van der Waals surface area contributed by atoms with Crippen molar-refractivity contribution in [2.45, 2.75) is 45.8 Å². The first-order valence-electron chi connectivity index (χ1n) is 4.53. The Kier molecular flexibility index (Phi) is 4.16. The third-order valence-corrected chi connectivity index (χ3v) is 15.4. The molecule has 0 aliphatic carbocycles. The molecule has 0 bridgehead atoms. The highest BCUT2D eigenvalue weighted by Crippen LogP contribution is 2.36. The van der Waals surface area contributed by atoms with Crippen LogP contribution in [0.4, 0.5) is 0 Å². The highest BCUT2D eigenvalue weighted by atomic mass is 29.2. The second kappa shape index (κ2) is 4.04. The van der Waals surface area contributed by atoms with Gasteiger partial charge in [-0.3, -0.25) is 0 Å². The Labute approximate surface area is 78.6 Å². The zero-order chi connectivity index (χ0) is 9.99. The van der Waals surface area contributed by atoms with Crippen LogP contribution in [0.5, 0.6) is 0 Å². The van der Waals surface area contributed by atoms with Crippen molar-refractivity contribution in [2.24, 2.45) is 0 Å². The van der Waals surface area contributed by atoms with Gasteiger partial charge in [0, 0.05) is 6.61 Å². The van der Waals surface area contributed by atoms with Crippen LogP contribution in [0.2, 0.25) is 18.1 Å². The Hall–Kier alpha value is 0.354. The van der Waals surface area contributed by atoms with Gasteiger partial charge in [0.1, 0.15) is 7.59 Å². The first-order chi connectivity index (χ1) is 5.23. The second-order valence-corrected chi connectivity index (χ2v) is 16.6. The highest BCUT2D eigenvalue weighted by molar-refractivity contribution is 7.28. The lowest BCUT2D eigenvalue weighted by Gasteiger charge is -2.38. The monoisotopic (exact) mass is 206 g/mol. The molecule has 0 aliphatic rings. The summed E-state index contributed by atoms with van der Waals surface area (Å²) in [6, 6.07) is 0. The number of rotatable bonds is 3. The van der Waals surface area contributed by atoms with Gasteiger partial charge in [-0.1, -0.05) is 33.9 Å². The van der Waals surface area contributed by atoms with Gasteiger partial charge in [-0.05, 0) is 12.0 Å². The zero-order valence-corrected chi connectivity index (χ0v) is 11.3. The molecule has 1 N–H and O–H groups in total. The van der Waals surface area contributed by atoms with E-state index in [1.807, 2.05) is 6.92 Å². The largest absolute Gasteiger partial charge is 0.415 e. The van der Waals surface area contributed by atoms with E-state index in [4.69, 9.17) is 4.43 Å². The van der Waals surface area contributed by atoms with Gasteiger partial charge >= 0.3 is 0 Å². The van der Waals surface area contributed by atoms with Crippen LogP contribution in [0, 0.1) is 0 Å². The van der Waals surface area contributed by atoms with Gasteiger partial charge in [0.15, 0.2) is 0 Å². The van der Waals surface area contributed by atoms with Gasteiger partial charge in [-0.2, -0.15) is 0 Å². The summed E-state index contributed by atoms with van der Waals surface area (Å²) < 4.78 is 5.39. The number of hydrogen-bond donors (Lipinski definition) is 1. The molecule has 0 amide bonds. The predicted molar refractivity (Wildman–Crippen MR) is 58.2 cm³/mol. The molecule has 0 saturated heterocycles. The van der Waals surface area contributed by atoms with Crippen LogP contribution in [0.3, 0.4) is 0 Å². The van der Waals surface area contributed by atoms with E-state index in [1.165, 1.54) is 0 Å². The normalized spacial score (nSPS) is 16.2. The molecule has 0 heterocycles. The fourth-order valence-electron chi connectivity index (χ4n) is 0.737. The van der Waals surface area contributed by atoms with Gasteiger partial charge < -0.3 is 9.22 Å². The SMILES string of the molecule is CCO[SiH](O)[Si](C)(C)C(C)(C)C. The molecule has 12 heavy (non-hydrogen) atoms. The van der Waals surface area contributed by atoms with Crippen LogP contribution in [0.15, 0.2) is 0 Å². The first kappa shape index (κ1) is 12.4. The Balaban J connectivity index is 4.38. The van der Waals surface area contributed by atoms with Crippen molar-refractivity contribution >= 4 is 16.4 Å². The maximum Gasteiger partial charge on any atom is 0.298 e. The zero-order valence-electron chi connectivity index (χ0n) is 9.14. The van der Waals surface area contributed by atoms with Gasteiger partial charge in [0.25, 0.3) is 8.80 Å². The molecular weight excluding hydrogens is 184 g/mol. The molecule has 0 aromatic carbocycles. The molecule has 4 heteroatoms. The van der Waals surface area contributed by atoms with Crippen LogP contribution in [0.25, 0.3) is 0 Å². The van der Waals surface area contributed by atoms with E-state index in [2.05, 4.69) is 33.9 Å². The lowest BCUT2D eigenvalue weighted by molar-refractivity contribution is 0.289. The van der Waals surface area contributed by atoms with E-state index in [0.717, 1.165) is 0 Å². The summed E-state index contributed by atoms with van der Waals surface area (Å²) in [6.45, 7) is 13.7. The minimum absolute atomic E-state index is 0.244. The van der Waals surface area contributed by atoms with E-state index in [9.17, 15) is 4.80 Å². The quantitative estimate of drug-likeness (QED) is 0.714. The van der Waals surface area contributed by atoms with Crippen molar-refractivity contribution in [1.29, 1.82) is 0 Å². The minimum Gasteiger partial charge on any atom is -0.415 e. The van der Waals surface area contributed by atoms with Crippen LogP contribution >= 0.6 is 0 Å². The lowest BCUT2D eigenvalue weighted by atomic mass is 10.2. The van der Waals surface area contributed by atoms with E-state index in [-0.39, 0.29) is 5.04 Å². The van der Waals surface area contributed by atoms with E-state index < -0.39 is 16.4 Å². The molecule has 0 radical (unpaired) electrons. The van der Waals surface area contributed by atoms with Crippen LogP contribution in [-0.4, -0.2) is 27.8 Å². The third-order valence-electron chi connectivity index (χ3n) is 2.87. The lowest BCUT2D eigenvalue weighted by Crippen LogP contribution is -2.54. The molecule has 0 saturated carbocycles. The Morgan fingerprint density at radius 3 is 2.00 bits per heavy atom. The molecule has 74 valence electrons. The second-order valence-electron chi connectivity index (χ2n) is 4.78. The minimum atomic E-state index is -1.90. The average molecular weight is 206 g/mol. The molecule has 0 rings (SSSR count). The van der Waals surface area contributed by atoms with E-state index >= 15 is 0 Å². The van der Waals surface area contributed by atoms with Crippen molar-refractivity contribution in [3.05, 3.63) is 0 Å². The summed E-state index contributed by atoms with van der Waals surface area (Å²) in [7, 11) is -3.45. The van der Waals surface area contributed by atoms with Gasteiger partial charge in [-0.15, -0.1) is 0 Å². The standard InChI is InChI=1S/C8H22O2Si2/c1-7-10-11(9)12(5,6)8(2,3)4/h9,11H,7H2,1-6H3. The maximum absolute atomic E-state index is 9.89. The molecule has 1 unspecified atom stereocenters. The van der Waals surface area contributed by atoms with E-state index in [1.54, 1.807) is 0 Å². The van der Waals surface area contributed by atoms with Crippen LogP contribution in [0.1, 0.15) is 27.7 Å². The fraction of sp³-hybridized carbons (Fsp3) is 1.00. The van der Waals surface area contributed by atoms with E-state index in [0.29, 0.717) is 6.61 Å². The van der Waals surface area contributed by atoms with Crippen molar-refractivity contribution in [2.75, 3.05) is 6.61 Å². The van der Waals surface area contributed by atoms with Gasteiger partial charge in [0.05, 0.1) is 0 Å². The third kappa shape index (κ3) is 2.69. The molecule has 0 aromatic rings. The molecular formula is C8H22O2Si2. The van der Waals surface area contributed by atoms with Crippen molar-refractivity contribution in [3.8, 4) is 0 Å². The van der Waals surface area contributed by atoms with Crippen molar-refractivity contribution in [1.82, 2.24) is 0 Å². The molecule has 2 nitrogen and oxygen atoms in total. The van der Waals surface area contributed by atoms with Crippen LogP contribution in [-0.2, 0) is 4.43 Å². The van der Waals surface area contributed by atoms with Gasteiger partial charge in [-0.25, -0.2) is 0 Å². The number of hydrogen-bond acceptors (Lipinski definition) is 2. The maximum atomic E-state index is 9.89. The Morgan fingerprint density at radius 1 is 1.33 bits per heavy atom. The Morgan fingerprint density at radius 2 is 1.75 bits per heavy atom. The fourth-order valence-corrected chi connectivity index (χ4v) is 6.18. The molecule has 0 aromatic heterocycles. The molecule has 0 spiro atoms. The van der Waals surface area contributed by atoms with Crippen LogP contribution < -0.4 is 0 Å². The van der Waals surface area contributed by atoms with Crippen molar-refractivity contribution in [3.63, 3.8) is 0 Å². The van der Waals surface area contributed by atoms with Crippen molar-refractivity contribution < 1.29 is 9.22 Å². The summed E-state index contributed by atoms with van der Waals surface area (Å²) in [5.74, 6) is 0. The summed E-state index contributed by atoms with van der Waals surface area (Å²) in [5.41, 5.74) is 0. The smallest absolute Gasteiger partial charge is 0.298 e. The summed E-state index contributed by atoms with van der Waals surface area (Å²) in [4.78, 5) is 9.89. The molecule has 0 fully saturated rings. The first-order valence-corrected chi connectivity index (χ1v) is 10.3. The summed E-state index contributed by atoms with van der Waals surface area (Å²) >= 11 is 0. The van der Waals surface area contributed by atoms with Gasteiger partial charge in [0.2, 0.25) is 0 Å². The summed E-state index contributed by atoms with van der Waals surface area (Å²) in [5, 5.41) is 0.244. The topological polar surface area (TPSA) is 29.5 Å². The predicted octanol–water partition coefficient (Wildman–Crippen LogP) is 1.82. The summed E-state index contributed by atoms with van der Waals surface area (Å²) in [6.07, 6.45) is 0. The Bertz CT molecular complexity index is 140. The molecule has 0 aliphatic heterocycles. The average Bonchev–Trinajstić information content (AvgIpc) is 1.85. The highest BCUT2D eigenvalue weighted by Gasteiger charge is 2.44.